The number of benzene rings is 2. The number of hydrogen-bond acceptors (Lipinski definition) is 6. The number of halogens is 1. The van der Waals surface area contributed by atoms with E-state index in [-0.39, 0.29) is 11.7 Å². The summed E-state index contributed by atoms with van der Waals surface area (Å²) in [7, 11) is 0. The molecule has 0 spiro atoms. The quantitative estimate of drug-likeness (QED) is 0.392. The van der Waals surface area contributed by atoms with E-state index in [0.717, 1.165) is 27.8 Å². The number of fused-ring (bicyclic) bond motifs is 2. The predicted molar refractivity (Wildman–Crippen MR) is 123 cm³/mol. The Hall–Kier alpha value is -3.38. The first-order chi connectivity index (χ1) is 15.3. The predicted octanol–water partition coefficient (Wildman–Crippen LogP) is 5.37. The van der Waals surface area contributed by atoms with E-state index >= 15 is 0 Å². The van der Waals surface area contributed by atoms with Crippen LogP contribution in [0.5, 0.6) is 11.6 Å². The average Bonchev–Trinajstić information content (AvgIpc) is 2.73. The average molecular weight is 449 g/mol. The van der Waals surface area contributed by atoms with Crippen LogP contribution in [0.4, 0.5) is 0 Å². The molecule has 7 heteroatoms. The van der Waals surface area contributed by atoms with Crippen molar-refractivity contribution in [3.05, 3.63) is 81.4 Å². The second-order valence-corrected chi connectivity index (χ2v) is 8.91. The number of nitrogens with zero attached hydrogens (tertiary/aromatic N) is 2. The van der Waals surface area contributed by atoms with Crippen molar-refractivity contribution in [1.29, 1.82) is 0 Å². The normalized spacial score (nSPS) is 16.9. The van der Waals surface area contributed by atoms with Crippen molar-refractivity contribution in [2.75, 3.05) is 0 Å². The van der Waals surface area contributed by atoms with Crippen LogP contribution in [0.25, 0.3) is 22.2 Å². The lowest BCUT2D eigenvalue weighted by Crippen LogP contribution is -2.49. The van der Waals surface area contributed by atoms with Gasteiger partial charge in [-0.25, -0.2) is 14.8 Å². The first kappa shape index (κ1) is 20.5. The zero-order valence-electron chi connectivity index (χ0n) is 17.9. The summed E-state index contributed by atoms with van der Waals surface area (Å²) in [5.41, 5.74) is 3.24. The Kier molecular flexibility index (Phi) is 4.90. The highest BCUT2D eigenvalue weighted by atomic mass is 35.5. The van der Waals surface area contributed by atoms with Crippen LogP contribution in [-0.4, -0.2) is 21.7 Å². The lowest BCUT2D eigenvalue weighted by molar-refractivity contribution is -0.0287. The third-order valence-corrected chi connectivity index (χ3v) is 5.96. The molecule has 162 valence electrons. The SMILES string of the molecule is Cc1cc(Cl)ccc1-c1cc(O[C@H]2Cc3cc4ccc(=O)oc4cc3OC2(C)C)ncn1. The fourth-order valence-corrected chi connectivity index (χ4v) is 4.21. The largest absolute Gasteiger partial charge is 0.484 e. The monoisotopic (exact) mass is 448 g/mol. The van der Waals surface area contributed by atoms with Gasteiger partial charge in [0.15, 0.2) is 0 Å². The molecule has 0 aliphatic carbocycles. The van der Waals surface area contributed by atoms with Crippen molar-refractivity contribution in [2.45, 2.75) is 38.9 Å². The first-order valence-electron chi connectivity index (χ1n) is 10.3. The van der Waals surface area contributed by atoms with Gasteiger partial charge in [-0.15, -0.1) is 0 Å². The van der Waals surface area contributed by atoms with Gasteiger partial charge < -0.3 is 13.9 Å². The summed E-state index contributed by atoms with van der Waals surface area (Å²) in [5, 5.41) is 1.52. The van der Waals surface area contributed by atoms with Crippen LogP contribution in [0.1, 0.15) is 25.0 Å². The van der Waals surface area contributed by atoms with Gasteiger partial charge >= 0.3 is 5.63 Å². The van der Waals surface area contributed by atoms with Gasteiger partial charge in [0, 0.05) is 40.6 Å². The molecule has 4 aromatic rings. The molecule has 0 amide bonds. The third-order valence-electron chi connectivity index (χ3n) is 5.73. The zero-order chi connectivity index (χ0) is 22.5. The van der Waals surface area contributed by atoms with E-state index in [4.69, 9.17) is 25.5 Å². The number of aryl methyl sites for hydroxylation is 1. The van der Waals surface area contributed by atoms with Crippen LogP contribution in [0.2, 0.25) is 5.02 Å². The van der Waals surface area contributed by atoms with Gasteiger partial charge in [-0.2, -0.15) is 0 Å². The Morgan fingerprint density at radius 1 is 1.09 bits per heavy atom. The number of rotatable bonds is 3. The molecule has 2 aromatic carbocycles. The maximum atomic E-state index is 11.6. The highest BCUT2D eigenvalue weighted by Gasteiger charge is 2.39. The van der Waals surface area contributed by atoms with Crippen LogP contribution in [0, 0.1) is 6.92 Å². The summed E-state index contributed by atoms with van der Waals surface area (Å²) in [6.45, 7) is 5.93. The molecule has 1 atom stereocenters. The Morgan fingerprint density at radius 2 is 1.94 bits per heavy atom. The van der Waals surface area contributed by atoms with Crippen molar-refractivity contribution in [1.82, 2.24) is 9.97 Å². The highest BCUT2D eigenvalue weighted by molar-refractivity contribution is 6.30. The molecule has 0 bridgehead atoms. The molecule has 1 aliphatic heterocycles. The van der Waals surface area contributed by atoms with E-state index in [1.165, 1.54) is 12.4 Å². The number of ether oxygens (including phenoxy) is 2. The molecule has 0 radical (unpaired) electrons. The summed E-state index contributed by atoms with van der Waals surface area (Å²) in [6, 6.07) is 14.4. The van der Waals surface area contributed by atoms with Crippen molar-refractivity contribution in [3.63, 3.8) is 0 Å². The second-order valence-electron chi connectivity index (χ2n) is 8.47. The fourth-order valence-electron chi connectivity index (χ4n) is 3.99. The van der Waals surface area contributed by atoms with Gasteiger partial charge in [-0.05, 0) is 56.2 Å². The van der Waals surface area contributed by atoms with E-state index in [2.05, 4.69) is 9.97 Å². The maximum Gasteiger partial charge on any atom is 0.336 e. The lowest BCUT2D eigenvalue weighted by Gasteiger charge is -2.39. The minimum atomic E-state index is -0.628. The summed E-state index contributed by atoms with van der Waals surface area (Å²) >= 11 is 6.09. The molecule has 1 aliphatic rings. The zero-order valence-corrected chi connectivity index (χ0v) is 18.6. The Bertz CT molecular complexity index is 1400. The van der Waals surface area contributed by atoms with Crippen molar-refractivity contribution < 1.29 is 13.9 Å². The van der Waals surface area contributed by atoms with E-state index in [1.54, 1.807) is 12.1 Å². The summed E-state index contributed by atoms with van der Waals surface area (Å²) in [4.78, 5) is 20.3. The van der Waals surface area contributed by atoms with Gasteiger partial charge in [0.2, 0.25) is 5.88 Å². The molecular formula is C25H21ClN2O4. The first-order valence-corrected chi connectivity index (χ1v) is 10.7. The van der Waals surface area contributed by atoms with Gasteiger partial charge in [0.25, 0.3) is 0 Å². The minimum Gasteiger partial charge on any atom is -0.484 e. The van der Waals surface area contributed by atoms with Gasteiger partial charge in [0.05, 0.1) is 5.69 Å². The van der Waals surface area contributed by atoms with E-state index in [1.807, 2.05) is 51.1 Å². The minimum absolute atomic E-state index is 0.280. The van der Waals surface area contributed by atoms with Crippen LogP contribution in [0.15, 0.2) is 64.1 Å². The van der Waals surface area contributed by atoms with Crippen molar-refractivity contribution in [2.24, 2.45) is 0 Å². The van der Waals surface area contributed by atoms with E-state index in [9.17, 15) is 4.79 Å². The van der Waals surface area contributed by atoms with Gasteiger partial charge in [-0.1, -0.05) is 17.7 Å². The van der Waals surface area contributed by atoms with Crippen molar-refractivity contribution >= 4 is 22.6 Å². The van der Waals surface area contributed by atoms with Crippen LogP contribution >= 0.6 is 11.6 Å². The van der Waals surface area contributed by atoms with Crippen LogP contribution in [-0.2, 0) is 6.42 Å². The Labute approximate surface area is 189 Å². The van der Waals surface area contributed by atoms with E-state index < -0.39 is 5.60 Å². The molecule has 5 rings (SSSR count). The molecule has 0 saturated heterocycles. The Morgan fingerprint density at radius 3 is 2.75 bits per heavy atom. The molecule has 32 heavy (non-hydrogen) atoms. The fraction of sp³-hybridized carbons (Fsp3) is 0.240. The third kappa shape index (κ3) is 3.82. The molecule has 3 heterocycles. The van der Waals surface area contributed by atoms with Crippen LogP contribution in [0.3, 0.4) is 0 Å². The standard InChI is InChI=1S/C25H21ClN2O4/c1-14-8-17(26)5-6-18(14)19-11-23(28-13-27-19)31-22-10-16-9-15-4-7-24(29)30-20(15)12-21(16)32-25(22,2)3/h4-9,11-13,22H,10H2,1-3H3/t22-/m0/s1. The van der Waals surface area contributed by atoms with Crippen LogP contribution < -0.4 is 15.1 Å². The smallest absolute Gasteiger partial charge is 0.336 e. The topological polar surface area (TPSA) is 74.5 Å². The van der Waals surface area contributed by atoms with Crippen molar-refractivity contribution in [3.8, 4) is 22.9 Å². The summed E-state index contributed by atoms with van der Waals surface area (Å²) in [5.74, 6) is 1.16. The maximum absolute atomic E-state index is 11.6. The lowest BCUT2D eigenvalue weighted by atomic mass is 9.90. The second kappa shape index (κ2) is 7.64. The Balaban J connectivity index is 1.46. The molecule has 2 aromatic heterocycles. The summed E-state index contributed by atoms with van der Waals surface area (Å²) in [6.07, 6.45) is 1.84. The molecule has 0 saturated carbocycles. The molecule has 6 nitrogen and oxygen atoms in total. The number of hydrogen-bond donors (Lipinski definition) is 0. The molecule has 0 unspecified atom stereocenters. The summed E-state index contributed by atoms with van der Waals surface area (Å²) < 4.78 is 17.9. The van der Waals surface area contributed by atoms with Gasteiger partial charge in [0.1, 0.15) is 29.4 Å². The molecule has 0 N–H and O–H groups in total. The molecule has 0 fully saturated rings. The number of aromatic nitrogens is 2. The van der Waals surface area contributed by atoms with Gasteiger partial charge in [-0.3, -0.25) is 0 Å². The molecular weight excluding hydrogens is 428 g/mol. The van der Waals surface area contributed by atoms with E-state index in [0.29, 0.717) is 28.7 Å². The highest BCUT2D eigenvalue weighted by Crippen LogP contribution is 2.37.